The van der Waals surface area contributed by atoms with E-state index >= 15 is 0 Å². The summed E-state index contributed by atoms with van der Waals surface area (Å²) < 4.78 is 5.24. The van der Waals surface area contributed by atoms with Crippen molar-refractivity contribution in [3.05, 3.63) is 77.5 Å². The van der Waals surface area contributed by atoms with Gasteiger partial charge >= 0.3 is 0 Å². The molecular weight excluding hydrogens is 356 g/mol. The molecule has 144 valence electrons. The van der Waals surface area contributed by atoms with Gasteiger partial charge in [0, 0.05) is 24.2 Å². The van der Waals surface area contributed by atoms with Gasteiger partial charge in [-0.3, -0.25) is 20.1 Å². The largest absolute Gasteiger partial charge is 0.497 e. The van der Waals surface area contributed by atoms with Crippen LogP contribution in [0.1, 0.15) is 28.5 Å². The molecule has 28 heavy (non-hydrogen) atoms. The van der Waals surface area contributed by atoms with Crippen LogP contribution < -0.4 is 15.2 Å². The Kier molecular flexibility index (Phi) is 6.06. The van der Waals surface area contributed by atoms with Crippen molar-refractivity contribution in [2.24, 2.45) is 0 Å². The van der Waals surface area contributed by atoms with Crippen molar-refractivity contribution in [1.29, 1.82) is 0 Å². The molecule has 0 atom stereocenters. The molecule has 2 aromatic carbocycles. The predicted molar refractivity (Wildman–Crippen MR) is 106 cm³/mol. The Balaban J connectivity index is 1.74. The molecule has 2 amide bonds. The van der Waals surface area contributed by atoms with Crippen molar-refractivity contribution >= 4 is 17.6 Å². The first-order valence-electron chi connectivity index (χ1n) is 8.91. The first-order chi connectivity index (χ1) is 13.6. The maximum atomic E-state index is 12.8. The van der Waals surface area contributed by atoms with Gasteiger partial charge in [0.05, 0.1) is 7.11 Å². The molecule has 1 heterocycles. The number of nitrogens with zero attached hydrogens (tertiary/aromatic N) is 2. The lowest BCUT2D eigenvalue weighted by Crippen LogP contribution is -2.45. The molecule has 0 bridgehead atoms. The number of H-pyrrole nitrogens is 1. The number of hydrogen-bond donors (Lipinski definition) is 2. The lowest BCUT2D eigenvalue weighted by molar-refractivity contribution is -0.119. The topological polar surface area (TPSA) is 87.3 Å². The van der Waals surface area contributed by atoms with Gasteiger partial charge in [-0.1, -0.05) is 30.3 Å². The minimum absolute atomic E-state index is 0.338. The van der Waals surface area contributed by atoms with Crippen molar-refractivity contribution in [3.8, 4) is 5.75 Å². The number of anilines is 1. The first-order valence-corrected chi connectivity index (χ1v) is 8.91. The lowest BCUT2D eigenvalue weighted by atomic mass is 10.1. The Morgan fingerprint density at radius 3 is 2.57 bits per heavy atom. The molecule has 0 saturated carbocycles. The Morgan fingerprint density at radius 2 is 1.86 bits per heavy atom. The Bertz CT molecular complexity index is 953. The molecule has 0 aliphatic heterocycles. The van der Waals surface area contributed by atoms with Gasteiger partial charge in [-0.25, -0.2) is 0 Å². The van der Waals surface area contributed by atoms with Crippen molar-refractivity contribution in [2.75, 3.05) is 12.1 Å². The highest BCUT2D eigenvalue weighted by atomic mass is 16.5. The second-order valence-corrected chi connectivity index (χ2v) is 6.28. The number of aryl methyl sites for hydroxylation is 2. The zero-order chi connectivity index (χ0) is 19.9. The summed E-state index contributed by atoms with van der Waals surface area (Å²) in [7, 11) is 1.64. The Labute approximate surface area is 163 Å². The molecule has 0 aliphatic carbocycles. The molecular formula is C21H22N4O3. The standard InChI is InChI=1S/C21H22N4O3/c1-15(26)24-25(21(27)17-8-4-3-5-9-17)20-14-18(22-23-20)12-11-16-7-6-10-19(13-16)28-2/h3-10,13-14H,11-12H2,1-2H3,(H,22,23)(H,24,26). The van der Waals surface area contributed by atoms with Crippen LogP contribution in [-0.2, 0) is 17.6 Å². The van der Waals surface area contributed by atoms with Crippen LogP contribution in [0.25, 0.3) is 0 Å². The minimum Gasteiger partial charge on any atom is -0.497 e. The fraction of sp³-hybridized carbons (Fsp3) is 0.190. The zero-order valence-corrected chi connectivity index (χ0v) is 15.8. The Morgan fingerprint density at radius 1 is 1.07 bits per heavy atom. The summed E-state index contributed by atoms with van der Waals surface area (Å²) in [4.78, 5) is 24.4. The summed E-state index contributed by atoms with van der Waals surface area (Å²) in [5.74, 6) is 0.435. The number of ether oxygens (including phenoxy) is 1. The number of carbonyl (C=O) groups is 2. The number of hydrazine groups is 1. The molecule has 0 spiro atoms. The van der Waals surface area contributed by atoms with Gasteiger partial charge in [0.15, 0.2) is 5.82 Å². The highest BCUT2D eigenvalue weighted by Gasteiger charge is 2.21. The summed E-state index contributed by atoms with van der Waals surface area (Å²) in [6.45, 7) is 1.35. The van der Waals surface area contributed by atoms with Gasteiger partial charge in [0.25, 0.3) is 5.91 Å². The second-order valence-electron chi connectivity index (χ2n) is 6.28. The fourth-order valence-corrected chi connectivity index (χ4v) is 2.78. The summed E-state index contributed by atoms with van der Waals surface area (Å²) >= 11 is 0. The third-order valence-corrected chi connectivity index (χ3v) is 4.16. The number of methoxy groups -OCH3 is 1. The second kappa shape index (κ2) is 8.85. The number of amides is 2. The molecule has 7 heteroatoms. The molecule has 1 aromatic heterocycles. The van der Waals surface area contributed by atoms with E-state index in [1.807, 2.05) is 30.3 Å². The van der Waals surface area contributed by atoms with Crippen molar-refractivity contribution in [1.82, 2.24) is 15.6 Å². The van der Waals surface area contributed by atoms with Gasteiger partial charge in [-0.15, -0.1) is 0 Å². The molecule has 0 aliphatic rings. The predicted octanol–water partition coefficient (Wildman–Crippen LogP) is 2.90. The molecule has 0 radical (unpaired) electrons. The van der Waals surface area contributed by atoms with E-state index in [9.17, 15) is 9.59 Å². The first kappa shape index (κ1) is 19.2. The third-order valence-electron chi connectivity index (χ3n) is 4.16. The van der Waals surface area contributed by atoms with Crippen LogP contribution in [0.4, 0.5) is 5.82 Å². The summed E-state index contributed by atoms with van der Waals surface area (Å²) in [6.07, 6.45) is 1.49. The molecule has 0 fully saturated rings. The monoisotopic (exact) mass is 378 g/mol. The van der Waals surface area contributed by atoms with Gasteiger partial charge in [-0.05, 0) is 42.7 Å². The molecule has 2 N–H and O–H groups in total. The van der Waals surface area contributed by atoms with Crippen LogP contribution in [0, 0.1) is 0 Å². The number of benzene rings is 2. The van der Waals surface area contributed by atoms with Crippen LogP contribution in [0.5, 0.6) is 5.75 Å². The van der Waals surface area contributed by atoms with E-state index in [1.165, 1.54) is 6.92 Å². The zero-order valence-electron chi connectivity index (χ0n) is 15.8. The normalized spacial score (nSPS) is 10.4. The smallest absolute Gasteiger partial charge is 0.278 e. The number of aromatic amines is 1. The van der Waals surface area contributed by atoms with E-state index in [1.54, 1.807) is 37.4 Å². The van der Waals surface area contributed by atoms with Crippen LogP contribution in [0.3, 0.4) is 0 Å². The molecule has 0 saturated heterocycles. The van der Waals surface area contributed by atoms with Gasteiger partial charge in [0.2, 0.25) is 5.91 Å². The summed E-state index contributed by atoms with van der Waals surface area (Å²) in [6, 6.07) is 18.4. The number of hydrogen-bond acceptors (Lipinski definition) is 4. The summed E-state index contributed by atoms with van der Waals surface area (Å²) in [5.41, 5.74) is 4.99. The van der Waals surface area contributed by atoms with Crippen molar-refractivity contribution in [2.45, 2.75) is 19.8 Å². The number of aromatic nitrogens is 2. The average Bonchev–Trinajstić information content (AvgIpc) is 3.19. The van der Waals surface area contributed by atoms with Gasteiger partial charge in [0.1, 0.15) is 5.75 Å². The maximum absolute atomic E-state index is 12.8. The van der Waals surface area contributed by atoms with E-state index in [0.29, 0.717) is 17.8 Å². The molecule has 3 aromatic rings. The highest BCUT2D eigenvalue weighted by Crippen LogP contribution is 2.17. The SMILES string of the molecule is COc1cccc(CCc2cc(N(NC(C)=O)C(=O)c3ccccc3)n[nH]2)c1. The lowest BCUT2D eigenvalue weighted by Gasteiger charge is -2.19. The van der Waals surface area contributed by atoms with Gasteiger partial charge < -0.3 is 4.74 Å². The number of rotatable bonds is 6. The number of nitrogens with one attached hydrogen (secondary N) is 2. The van der Waals surface area contributed by atoms with Crippen LogP contribution in [0.15, 0.2) is 60.7 Å². The van der Waals surface area contributed by atoms with Gasteiger partial charge in [-0.2, -0.15) is 10.1 Å². The molecule has 0 unspecified atom stereocenters. The van der Waals surface area contributed by atoms with E-state index in [-0.39, 0.29) is 11.8 Å². The van der Waals surface area contributed by atoms with E-state index in [2.05, 4.69) is 15.6 Å². The molecule has 3 rings (SSSR count). The average molecular weight is 378 g/mol. The van der Waals surface area contributed by atoms with Crippen LogP contribution in [-0.4, -0.2) is 29.1 Å². The van der Waals surface area contributed by atoms with Crippen LogP contribution >= 0.6 is 0 Å². The quantitative estimate of drug-likeness (QED) is 0.646. The van der Waals surface area contributed by atoms with E-state index < -0.39 is 0 Å². The van der Waals surface area contributed by atoms with Crippen molar-refractivity contribution in [3.63, 3.8) is 0 Å². The van der Waals surface area contributed by atoms with E-state index in [4.69, 9.17) is 4.74 Å². The van der Waals surface area contributed by atoms with E-state index in [0.717, 1.165) is 28.4 Å². The third kappa shape index (κ3) is 4.76. The summed E-state index contributed by atoms with van der Waals surface area (Å²) in [5, 5.41) is 8.30. The molecule has 7 nitrogen and oxygen atoms in total. The highest BCUT2D eigenvalue weighted by molar-refractivity contribution is 6.06. The maximum Gasteiger partial charge on any atom is 0.278 e. The van der Waals surface area contributed by atoms with Crippen molar-refractivity contribution < 1.29 is 14.3 Å². The Hall–Kier alpha value is -3.61. The fourth-order valence-electron chi connectivity index (χ4n) is 2.78. The minimum atomic E-state index is -0.360. The van der Waals surface area contributed by atoms with Crippen LogP contribution in [0.2, 0.25) is 0 Å². The number of carbonyl (C=O) groups excluding carboxylic acids is 2.